The monoisotopic (exact) mass is 376 g/mol. The molecule has 0 aliphatic carbocycles. The number of primary amides is 1. The van der Waals surface area contributed by atoms with Gasteiger partial charge in [0.05, 0.1) is 28.0 Å². The summed E-state index contributed by atoms with van der Waals surface area (Å²) in [6, 6.07) is 6.88. The number of carbonyl (C=O) groups is 1. The predicted octanol–water partition coefficient (Wildman–Crippen LogP) is 2.14. The third kappa shape index (κ3) is 3.40. The highest BCUT2D eigenvalue weighted by Gasteiger charge is 2.20. The summed E-state index contributed by atoms with van der Waals surface area (Å²) in [6.07, 6.45) is 3.05. The molecule has 0 spiro atoms. The summed E-state index contributed by atoms with van der Waals surface area (Å²) in [6.45, 7) is 0.0896. The number of benzene rings is 1. The second-order valence-electron chi connectivity index (χ2n) is 4.83. The van der Waals surface area contributed by atoms with Crippen molar-refractivity contribution < 1.29 is 4.79 Å². The van der Waals surface area contributed by atoms with Crippen LogP contribution in [-0.2, 0) is 6.54 Å². The van der Waals surface area contributed by atoms with Crippen LogP contribution in [0, 0.1) is 11.3 Å². The number of nitrogens with two attached hydrogens (primary N) is 1. The fourth-order valence-electron chi connectivity index (χ4n) is 2.06. The Kier molecular flexibility index (Phi) is 4.56. The molecule has 0 aliphatic heterocycles. The van der Waals surface area contributed by atoms with Crippen LogP contribution >= 0.6 is 23.2 Å². The maximum atomic E-state index is 11.7. The van der Waals surface area contributed by atoms with Gasteiger partial charge >= 0.3 is 0 Å². The van der Waals surface area contributed by atoms with E-state index < -0.39 is 5.91 Å². The van der Waals surface area contributed by atoms with E-state index in [1.165, 1.54) is 10.9 Å². The summed E-state index contributed by atoms with van der Waals surface area (Å²) in [7, 11) is 0. The van der Waals surface area contributed by atoms with Gasteiger partial charge in [0, 0.05) is 6.20 Å². The number of hydrogen-bond donors (Lipinski definition) is 2. The van der Waals surface area contributed by atoms with Gasteiger partial charge in [0.25, 0.3) is 5.91 Å². The first kappa shape index (κ1) is 16.8. The van der Waals surface area contributed by atoms with E-state index in [0.29, 0.717) is 21.4 Å². The predicted molar refractivity (Wildman–Crippen MR) is 91.0 cm³/mol. The van der Waals surface area contributed by atoms with Crippen LogP contribution in [0.2, 0.25) is 10.0 Å². The molecule has 3 N–H and O–H groups in total. The van der Waals surface area contributed by atoms with Gasteiger partial charge in [-0.1, -0.05) is 29.3 Å². The Hall–Kier alpha value is -3.09. The molecule has 1 amide bonds. The van der Waals surface area contributed by atoms with Crippen molar-refractivity contribution >= 4 is 40.6 Å². The molecule has 0 radical (unpaired) electrons. The molecule has 2 aromatic heterocycles. The average Bonchev–Trinajstić information content (AvgIpc) is 3.15. The minimum atomic E-state index is -0.777. The number of amides is 1. The van der Waals surface area contributed by atoms with Gasteiger partial charge in [-0.2, -0.15) is 10.4 Å². The van der Waals surface area contributed by atoms with Crippen LogP contribution in [-0.4, -0.2) is 30.7 Å². The number of hydrogen-bond acceptors (Lipinski definition) is 6. The zero-order valence-corrected chi connectivity index (χ0v) is 14.0. The minimum Gasteiger partial charge on any atom is -0.364 e. The van der Waals surface area contributed by atoms with Gasteiger partial charge in [0.15, 0.2) is 11.5 Å². The van der Waals surface area contributed by atoms with Crippen molar-refractivity contribution in [2.24, 2.45) is 5.73 Å². The maximum Gasteiger partial charge on any atom is 0.273 e. The fourth-order valence-corrected chi connectivity index (χ4v) is 2.61. The zero-order valence-electron chi connectivity index (χ0n) is 12.5. The lowest BCUT2D eigenvalue weighted by molar-refractivity contribution is 0.0996. The molecule has 0 atom stereocenters. The lowest BCUT2D eigenvalue weighted by Gasteiger charge is -2.04. The van der Waals surface area contributed by atoms with Crippen molar-refractivity contribution in [2.45, 2.75) is 6.54 Å². The van der Waals surface area contributed by atoms with E-state index in [1.807, 2.05) is 6.07 Å². The molecule has 0 bridgehead atoms. The Bertz CT molecular complexity index is 967. The first-order chi connectivity index (χ1) is 12.0. The Balaban J connectivity index is 2.00. The summed E-state index contributed by atoms with van der Waals surface area (Å²) in [5, 5.41) is 24.4. The van der Waals surface area contributed by atoms with Gasteiger partial charge in [-0.05, 0) is 12.1 Å². The molecule has 0 fully saturated rings. The molecule has 126 valence electrons. The SMILES string of the molecule is N#CCn1cc(Nc2nn(-c3c(Cl)cccc3Cl)nc2C(N)=O)cn1. The summed E-state index contributed by atoms with van der Waals surface area (Å²) in [5.74, 6) is -0.665. The highest BCUT2D eigenvalue weighted by molar-refractivity contribution is 6.37. The molecular weight excluding hydrogens is 367 g/mol. The normalized spacial score (nSPS) is 10.4. The number of para-hydroxylation sites is 1. The minimum absolute atomic E-state index is 0.0896. The molecule has 0 aliphatic rings. The standard InChI is InChI=1S/C14H10Cl2N8O/c15-9-2-1-3-10(16)12(9)24-21-11(13(18)25)14(22-24)20-8-6-19-23(7-8)5-4-17/h1-3,6-7H,5H2,(H2,18,25)(H,20,22). The smallest absolute Gasteiger partial charge is 0.273 e. The van der Waals surface area contributed by atoms with Crippen molar-refractivity contribution in [3.63, 3.8) is 0 Å². The average molecular weight is 377 g/mol. The molecule has 0 unspecified atom stereocenters. The van der Waals surface area contributed by atoms with Crippen molar-refractivity contribution in [1.29, 1.82) is 5.26 Å². The van der Waals surface area contributed by atoms with Gasteiger partial charge in [-0.15, -0.1) is 15.0 Å². The molecule has 2 heterocycles. The van der Waals surface area contributed by atoms with Crippen molar-refractivity contribution in [3.05, 3.63) is 46.3 Å². The topological polar surface area (TPSA) is 127 Å². The largest absolute Gasteiger partial charge is 0.364 e. The van der Waals surface area contributed by atoms with Crippen LogP contribution < -0.4 is 11.1 Å². The first-order valence-corrected chi connectivity index (χ1v) is 7.63. The third-order valence-corrected chi connectivity index (χ3v) is 3.72. The fraction of sp³-hybridized carbons (Fsp3) is 0.0714. The Morgan fingerprint density at radius 1 is 1.32 bits per heavy atom. The number of halogens is 2. The van der Waals surface area contributed by atoms with Crippen LogP contribution in [0.1, 0.15) is 10.5 Å². The van der Waals surface area contributed by atoms with Gasteiger partial charge in [0.2, 0.25) is 0 Å². The number of nitrogens with zero attached hydrogens (tertiary/aromatic N) is 6. The van der Waals surface area contributed by atoms with Crippen LogP contribution in [0.4, 0.5) is 11.5 Å². The Labute approximate surface area is 151 Å². The quantitative estimate of drug-likeness (QED) is 0.701. The second-order valence-corrected chi connectivity index (χ2v) is 5.65. The van der Waals surface area contributed by atoms with Crippen LogP contribution in [0.25, 0.3) is 5.69 Å². The second kappa shape index (κ2) is 6.80. The number of nitrogens with one attached hydrogen (secondary N) is 1. The zero-order chi connectivity index (χ0) is 18.0. The number of anilines is 2. The first-order valence-electron chi connectivity index (χ1n) is 6.87. The van der Waals surface area contributed by atoms with E-state index >= 15 is 0 Å². The molecule has 0 saturated heterocycles. The molecule has 11 heteroatoms. The summed E-state index contributed by atoms with van der Waals surface area (Å²) >= 11 is 12.3. The van der Waals surface area contributed by atoms with Gasteiger partial charge in [-0.3, -0.25) is 9.48 Å². The third-order valence-electron chi connectivity index (χ3n) is 3.11. The molecule has 0 saturated carbocycles. The summed E-state index contributed by atoms with van der Waals surface area (Å²) in [5.41, 5.74) is 6.10. The van der Waals surface area contributed by atoms with Crippen molar-refractivity contribution in [3.8, 4) is 11.8 Å². The highest BCUT2D eigenvalue weighted by atomic mass is 35.5. The summed E-state index contributed by atoms with van der Waals surface area (Å²) < 4.78 is 1.42. The van der Waals surface area contributed by atoms with E-state index in [0.717, 1.165) is 4.80 Å². The van der Waals surface area contributed by atoms with E-state index in [9.17, 15) is 4.79 Å². The molecule has 1 aromatic carbocycles. The Morgan fingerprint density at radius 3 is 2.68 bits per heavy atom. The van der Waals surface area contributed by atoms with Crippen LogP contribution in [0.15, 0.2) is 30.6 Å². The molecule has 25 heavy (non-hydrogen) atoms. The van der Waals surface area contributed by atoms with Crippen molar-refractivity contribution in [2.75, 3.05) is 5.32 Å². The lowest BCUT2D eigenvalue weighted by atomic mass is 10.3. The van der Waals surface area contributed by atoms with Crippen LogP contribution in [0.3, 0.4) is 0 Å². The Morgan fingerprint density at radius 2 is 2.04 bits per heavy atom. The van der Waals surface area contributed by atoms with Gasteiger partial charge in [-0.25, -0.2) is 0 Å². The molecular formula is C14H10Cl2N8O. The number of rotatable bonds is 5. The number of nitriles is 1. The van der Waals surface area contributed by atoms with E-state index in [2.05, 4.69) is 20.6 Å². The number of aromatic nitrogens is 5. The van der Waals surface area contributed by atoms with E-state index in [4.69, 9.17) is 34.2 Å². The van der Waals surface area contributed by atoms with Gasteiger partial charge < -0.3 is 11.1 Å². The lowest BCUT2D eigenvalue weighted by Crippen LogP contribution is -2.14. The molecule has 9 nitrogen and oxygen atoms in total. The molecule has 3 rings (SSSR count). The summed E-state index contributed by atoms with van der Waals surface area (Å²) in [4.78, 5) is 12.8. The highest BCUT2D eigenvalue weighted by Crippen LogP contribution is 2.28. The number of carbonyl (C=O) groups excluding carboxylic acids is 1. The van der Waals surface area contributed by atoms with E-state index in [1.54, 1.807) is 24.4 Å². The van der Waals surface area contributed by atoms with Crippen molar-refractivity contribution in [1.82, 2.24) is 24.8 Å². The molecule has 3 aromatic rings. The van der Waals surface area contributed by atoms with Crippen LogP contribution in [0.5, 0.6) is 0 Å². The van der Waals surface area contributed by atoms with E-state index in [-0.39, 0.29) is 18.1 Å². The van der Waals surface area contributed by atoms with Gasteiger partial charge in [0.1, 0.15) is 12.2 Å². The maximum absolute atomic E-state index is 11.7.